The fourth-order valence-electron chi connectivity index (χ4n) is 2.77. The minimum absolute atomic E-state index is 0.196. The van der Waals surface area contributed by atoms with Crippen molar-refractivity contribution in [3.8, 4) is 11.1 Å². The molecule has 8 heteroatoms. The largest absolute Gasteiger partial charge is 0.384 e. The maximum atomic E-state index is 13.7. The van der Waals surface area contributed by atoms with Crippen LogP contribution in [0.1, 0.15) is 37.8 Å². The van der Waals surface area contributed by atoms with E-state index in [2.05, 4.69) is 36.0 Å². The first-order chi connectivity index (χ1) is 16.2. The molecule has 2 aromatic carbocycles. The number of hydrogen-bond acceptors (Lipinski definition) is 4. The molecule has 0 spiro atoms. The van der Waals surface area contributed by atoms with Gasteiger partial charge in [0.25, 0.3) is 0 Å². The second-order valence-corrected chi connectivity index (χ2v) is 8.07. The van der Waals surface area contributed by atoms with Gasteiger partial charge in [0.05, 0.1) is 5.82 Å². The van der Waals surface area contributed by atoms with Crippen molar-refractivity contribution in [1.29, 1.82) is 0 Å². The first-order valence-corrected chi connectivity index (χ1v) is 11.3. The van der Waals surface area contributed by atoms with Gasteiger partial charge in [-0.25, -0.2) is 9.37 Å². The van der Waals surface area contributed by atoms with Crippen LogP contribution in [0.5, 0.6) is 0 Å². The molecule has 4 nitrogen and oxygen atoms in total. The molecule has 0 unspecified atom stereocenters. The average molecular weight is 491 g/mol. The number of anilines is 2. The molecule has 4 N–H and O–H groups in total. The molecule has 0 atom stereocenters. The van der Waals surface area contributed by atoms with Crippen LogP contribution in [0.15, 0.2) is 73.2 Å². The zero-order chi connectivity index (χ0) is 25.1. The number of nitrogen functional groups attached to an aromatic ring is 1. The van der Waals surface area contributed by atoms with Crippen molar-refractivity contribution in [2.24, 2.45) is 0 Å². The molecular formula is C26H30ClF3N4. The summed E-state index contributed by atoms with van der Waals surface area (Å²) in [5.74, 6) is -2.78. The van der Waals surface area contributed by atoms with Crippen LogP contribution >= 0.6 is 11.6 Å². The van der Waals surface area contributed by atoms with Crippen molar-refractivity contribution in [3.63, 3.8) is 0 Å². The summed E-state index contributed by atoms with van der Waals surface area (Å²) in [5.41, 5.74) is 8.31. The highest BCUT2D eigenvalue weighted by molar-refractivity contribution is 6.31. The summed E-state index contributed by atoms with van der Waals surface area (Å²) in [5, 5.41) is 5.75. The molecule has 34 heavy (non-hydrogen) atoms. The number of hydrogen-bond donors (Lipinski definition) is 3. The van der Waals surface area contributed by atoms with E-state index in [1.807, 2.05) is 30.3 Å². The van der Waals surface area contributed by atoms with Gasteiger partial charge in [-0.15, -0.1) is 0 Å². The van der Waals surface area contributed by atoms with Crippen LogP contribution in [0.25, 0.3) is 11.1 Å². The smallest absolute Gasteiger partial charge is 0.302 e. The molecular weight excluding hydrogens is 461 g/mol. The van der Waals surface area contributed by atoms with Crippen LogP contribution in [0, 0.1) is 0 Å². The van der Waals surface area contributed by atoms with Crippen LogP contribution < -0.4 is 16.4 Å². The molecule has 0 aliphatic heterocycles. The lowest BCUT2D eigenvalue weighted by atomic mass is 10.1. The maximum absolute atomic E-state index is 13.7. The predicted octanol–water partition coefficient (Wildman–Crippen LogP) is 7.52. The molecule has 0 aliphatic rings. The van der Waals surface area contributed by atoms with Gasteiger partial charge in [-0.3, -0.25) is 0 Å². The Bertz CT molecular complexity index is 1050. The molecule has 0 bridgehead atoms. The van der Waals surface area contributed by atoms with Crippen molar-refractivity contribution < 1.29 is 13.2 Å². The Morgan fingerprint density at radius 1 is 1.03 bits per heavy atom. The molecule has 1 aromatic heterocycles. The monoisotopic (exact) mass is 490 g/mol. The first kappa shape index (κ1) is 27.1. The molecule has 0 amide bonds. The van der Waals surface area contributed by atoms with E-state index in [0.29, 0.717) is 23.9 Å². The topological polar surface area (TPSA) is 63.0 Å². The number of aromatic nitrogens is 1. The van der Waals surface area contributed by atoms with Gasteiger partial charge in [-0.1, -0.05) is 69.1 Å². The number of rotatable bonds is 9. The van der Waals surface area contributed by atoms with Crippen molar-refractivity contribution >= 4 is 23.1 Å². The third-order valence-electron chi connectivity index (χ3n) is 4.90. The van der Waals surface area contributed by atoms with E-state index in [-0.39, 0.29) is 5.02 Å². The number of nitrogens with two attached hydrogens (primary N) is 1. The third kappa shape index (κ3) is 7.99. The summed E-state index contributed by atoms with van der Waals surface area (Å²) in [6.07, 6.45) is 4.35. The minimum Gasteiger partial charge on any atom is -0.384 e. The number of nitrogens with zero attached hydrogens (tertiary/aromatic N) is 1. The van der Waals surface area contributed by atoms with Crippen LogP contribution in [-0.2, 0) is 12.5 Å². The second-order valence-electron chi connectivity index (χ2n) is 7.66. The zero-order valence-electron chi connectivity index (χ0n) is 19.3. The lowest BCUT2D eigenvalue weighted by Crippen LogP contribution is -2.19. The van der Waals surface area contributed by atoms with Crippen LogP contribution in [0.2, 0.25) is 5.02 Å². The van der Waals surface area contributed by atoms with E-state index in [9.17, 15) is 13.2 Å². The van der Waals surface area contributed by atoms with Crippen LogP contribution in [0.4, 0.5) is 24.7 Å². The summed E-state index contributed by atoms with van der Waals surface area (Å²) in [7, 11) is 0. The normalized spacial score (nSPS) is 10.8. The van der Waals surface area contributed by atoms with Gasteiger partial charge in [0, 0.05) is 34.6 Å². The third-order valence-corrected chi connectivity index (χ3v) is 5.23. The Labute approximate surface area is 204 Å². The van der Waals surface area contributed by atoms with E-state index >= 15 is 0 Å². The summed E-state index contributed by atoms with van der Waals surface area (Å²) in [4.78, 5) is 4.08. The van der Waals surface area contributed by atoms with Gasteiger partial charge in [0.1, 0.15) is 5.82 Å². The van der Waals surface area contributed by atoms with E-state index in [4.69, 9.17) is 17.3 Å². The molecule has 0 saturated carbocycles. The maximum Gasteiger partial charge on any atom is 0.302 e. The number of pyridine rings is 1. The number of alkyl halides is 3. The summed E-state index contributed by atoms with van der Waals surface area (Å²) in [6.45, 7) is 6.84. The molecule has 0 fully saturated rings. The van der Waals surface area contributed by atoms with E-state index in [1.54, 1.807) is 12.3 Å². The van der Waals surface area contributed by atoms with E-state index in [0.717, 1.165) is 22.8 Å². The number of unbranched alkanes of at least 4 members (excludes halogenated alkanes) is 1. The fraction of sp³-hybridized carbons (Fsp3) is 0.269. The second kappa shape index (κ2) is 12.9. The first-order valence-electron chi connectivity index (χ1n) is 10.9. The van der Waals surface area contributed by atoms with E-state index < -0.39 is 18.2 Å². The Morgan fingerprint density at radius 2 is 1.68 bits per heavy atom. The van der Waals surface area contributed by atoms with Crippen molar-refractivity contribution in [3.05, 3.63) is 89.3 Å². The average Bonchev–Trinajstić information content (AvgIpc) is 2.85. The van der Waals surface area contributed by atoms with Gasteiger partial charge < -0.3 is 16.4 Å². The molecule has 0 radical (unpaired) electrons. The number of nitrogens with one attached hydrogen (secondary N) is 2. The van der Waals surface area contributed by atoms with Gasteiger partial charge >= 0.3 is 5.92 Å². The highest BCUT2D eigenvalue weighted by Crippen LogP contribution is 2.35. The van der Waals surface area contributed by atoms with Crippen LogP contribution in [0.3, 0.4) is 0 Å². The zero-order valence-corrected chi connectivity index (χ0v) is 20.1. The van der Waals surface area contributed by atoms with Crippen molar-refractivity contribution in [2.75, 3.05) is 17.7 Å². The fourth-order valence-corrected chi connectivity index (χ4v) is 3.03. The molecule has 1 heterocycles. The van der Waals surface area contributed by atoms with E-state index in [1.165, 1.54) is 25.0 Å². The Morgan fingerprint density at radius 3 is 2.24 bits per heavy atom. The molecule has 0 aliphatic carbocycles. The lowest BCUT2D eigenvalue weighted by Gasteiger charge is -2.17. The van der Waals surface area contributed by atoms with Crippen molar-refractivity contribution in [1.82, 2.24) is 10.3 Å². The van der Waals surface area contributed by atoms with Gasteiger partial charge in [0.2, 0.25) is 0 Å². The van der Waals surface area contributed by atoms with Crippen molar-refractivity contribution in [2.45, 2.75) is 39.2 Å². The van der Waals surface area contributed by atoms with Crippen LogP contribution in [-0.4, -0.2) is 11.7 Å². The number of halogens is 4. The highest BCUT2D eigenvalue weighted by atomic mass is 35.5. The Hall–Kier alpha value is -3.19. The Balaban J connectivity index is 0.000000945. The number of benzene rings is 2. The Kier molecular flexibility index (Phi) is 10.3. The quantitative estimate of drug-likeness (QED) is 0.290. The van der Waals surface area contributed by atoms with Gasteiger partial charge in [-0.2, -0.15) is 8.78 Å². The molecule has 3 rings (SSSR count). The summed E-state index contributed by atoms with van der Waals surface area (Å²) in [6, 6.07) is 15.4. The SMILES string of the molecule is C=C(NCc1ccc(-c2ccc(N)nc2)cc1)Nc1ccc(Cl)c(C(F)(F)CF)c1.CCCC. The molecule has 182 valence electrons. The molecule has 0 saturated heterocycles. The highest BCUT2D eigenvalue weighted by Gasteiger charge is 2.34. The predicted molar refractivity (Wildman–Crippen MR) is 136 cm³/mol. The van der Waals surface area contributed by atoms with Gasteiger partial charge in [0.15, 0.2) is 6.67 Å². The molecule has 3 aromatic rings. The minimum atomic E-state index is -3.65. The van der Waals surface area contributed by atoms with Gasteiger partial charge in [-0.05, 0) is 41.5 Å². The summed E-state index contributed by atoms with van der Waals surface area (Å²) < 4.78 is 40.0. The lowest BCUT2D eigenvalue weighted by molar-refractivity contribution is -0.0279. The standard InChI is InChI=1S/C22H20ClF3N4.C4H10/c1-14(30-18-7-8-20(23)19(10-18)22(25,26)13-24)28-11-15-2-4-16(5-3-15)17-6-9-21(27)29-12-17;1-3-4-2/h2-10,12,28,30H,1,11,13H2,(H2,27,29);3-4H2,1-2H3. The summed E-state index contributed by atoms with van der Waals surface area (Å²) >= 11 is 5.78.